The summed E-state index contributed by atoms with van der Waals surface area (Å²) in [6.45, 7) is 3.80. The Balaban J connectivity index is 1.67. The summed E-state index contributed by atoms with van der Waals surface area (Å²) in [5, 5.41) is 14.7. The van der Waals surface area contributed by atoms with E-state index < -0.39 is 29.6 Å². The van der Waals surface area contributed by atoms with E-state index in [-0.39, 0.29) is 27.9 Å². The predicted molar refractivity (Wildman–Crippen MR) is 133 cm³/mol. The lowest BCUT2D eigenvalue weighted by molar-refractivity contribution is -0.137. The van der Waals surface area contributed by atoms with Crippen molar-refractivity contribution < 1.29 is 22.8 Å². The van der Waals surface area contributed by atoms with Crippen molar-refractivity contribution in [2.24, 2.45) is 13.0 Å². The molecule has 3 rings (SSSR count). The molecule has 0 bridgehead atoms. The standard InChI is InChI=1S/C23H22Cl2F3N5O2S/c1-12(2)19(30-21(35)16-8-7-14(24)10-17(16)25)20-31-32-22(33(20)3)36-11-18(34)29-15-6-4-5-13(9-15)23(26,27)28/h4-10,12,19H,11H2,1-3H3,(H,29,34)(H,30,35)/t19-/m0/s1. The number of nitrogens with zero attached hydrogens (tertiary/aromatic N) is 3. The molecule has 7 nitrogen and oxygen atoms in total. The summed E-state index contributed by atoms with van der Waals surface area (Å²) < 4.78 is 40.3. The minimum absolute atomic E-state index is 0.0394. The third-order valence-corrected chi connectivity index (χ3v) is 6.65. The second-order valence-electron chi connectivity index (χ2n) is 8.13. The van der Waals surface area contributed by atoms with Crippen molar-refractivity contribution in [3.8, 4) is 0 Å². The molecule has 2 N–H and O–H groups in total. The Morgan fingerprint density at radius 1 is 1.11 bits per heavy atom. The zero-order valence-electron chi connectivity index (χ0n) is 19.4. The molecule has 2 amide bonds. The Hall–Kier alpha value is -2.76. The number of halogens is 5. The fraction of sp³-hybridized carbons (Fsp3) is 0.304. The molecule has 0 unspecified atom stereocenters. The van der Waals surface area contributed by atoms with E-state index in [1.165, 1.54) is 24.3 Å². The summed E-state index contributed by atoms with van der Waals surface area (Å²) in [4.78, 5) is 25.1. The van der Waals surface area contributed by atoms with Crippen LogP contribution in [0.25, 0.3) is 0 Å². The van der Waals surface area contributed by atoms with Gasteiger partial charge in [0.25, 0.3) is 5.91 Å². The molecule has 0 fully saturated rings. The topological polar surface area (TPSA) is 88.9 Å². The number of benzene rings is 2. The summed E-state index contributed by atoms with van der Waals surface area (Å²) in [5.74, 6) is -0.626. The highest BCUT2D eigenvalue weighted by atomic mass is 35.5. The number of amides is 2. The third kappa shape index (κ3) is 6.92. The van der Waals surface area contributed by atoms with Crippen molar-refractivity contribution in [2.45, 2.75) is 31.2 Å². The number of hydrogen-bond donors (Lipinski definition) is 2. The molecule has 1 heterocycles. The Kier molecular flexibility index (Phi) is 8.91. The average molecular weight is 560 g/mol. The molecule has 0 spiro atoms. The van der Waals surface area contributed by atoms with E-state index in [1.807, 2.05) is 13.8 Å². The van der Waals surface area contributed by atoms with E-state index in [1.54, 1.807) is 17.7 Å². The largest absolute Gasteiger partial charge is 0.416 e. The molecule has 0 aliphatic heterocycles. The maximum absolute atomic E-state index is 12.9. The summed E-state index contributed by atoms with van der Waals surface area (Å²) in [6.07, 6.45) is -4.51. The van der Waals surface area contributed by atoms with E-state index in [9.17, 15) is 22.8 Å². The number of nitrogens with one attached hydrogen (secondary N) is 2. The first-order valence-corrected chi connectivity index (χ1v) is 12.4. The normalized spacial score (nSPS) is 12.5. The maximum atomic E-state index is 12.9. The average Bonchev–Trinajstić information content (AvgIpc) is 3.15. The van der Waals surface area contributed by atoms with Gasteiger partial charge in [-0.2, -0.15) is 13.2 Å². The van der Waals surface area contributed by atoms with Crippen LogP contribution in [0.2, 0.25) is 10.0 Å². The summed E-state index contributed by atoms with van der Waals surface area (Å²) in [7, 11) is 1.69. The molecular weight excluding hydrogens is 538 g/mol. The molecule has 1 atom stereocenters. The summed E-state index contributed by atoms with van der Waals surface area (Å²) in [5.41, 5.74) is -0.556. The van der Waals surface area contributed by atoms with E-state index in [4.69, 9.17) is 23.2 Å². The quantitative estimate of drug-likeness (QED) is 0.330. The third-order valence-electron chi connectivity index (χ3n) is 5.08. The van der Waals surface area contributed by atoms with Gasteiger partial charge < -0.3 is 15.2 Å². The highest BCUT2D eigenvalue weighted by Gasteiger charge is 2.30. The van der Waals surface area contributed by atoms with Crippen molar-refractivity contribution in [3.63, 3.8) is 0 Å². The molecule has 3 aromatic rings. The van der Waals surface area contributed by atoms with Crippen LogP contribution in [0, 0.1) is 5.92 Å². The Bertz CT molecular complexity index is 1270. The second-order valence-corrected chi connectivity index (χ2v) is 9.92. The molecule has 0 saturated heterocycles. The van der Waals surface area contributed by atoms with Gasteiger partial charge in [-0.3, -0.25) is 9.59 Å². The van der Waals surface area contributed by atoms with E-state index in [0.29, 0.717) is 16.0 Å². The molecule has 0 aliphatic carbocycles. The van der Waals surface area contributed by atoms with Crippen molar-refractivity contribution in [2.75, 3.05) is 11.1 Å². The van der Waals surface area contributed by atoms with Gasteiger partial charge in [0.2, 0.25) is 5.91 Å². The van der Waals surface area contributed by atoms with Gasteiger partial charge in [-0.05, 0) is 42.3 Å². The van der Waals surface area contributed by atoms with Gasteiger partial charge in [-0.25, -0.2) is 0 Å². The van der Waals surface area contributed by atoms with Crippen LogP contribution in [0.4, 0.5) is 18.9 Å². The lowest BCUT2D eigenvalue weighted by atomic mass is 10.0. The Labute approximate surface area is 219 Å². The summed E-state index contributed by atoms with van der Waals surface area (Å²) >= 11 is 13.1. The number of anilines is 1. The van der Waals surface area contributed by atoms with Gasteiger partial charge in [0, 0.05) is 17.8 Å². The number of carbonyl (C=O) groups is 2. The van der Waals surface area contributed by atoms with Crippen LogP contribution in [-0.4, -0.2) is 32.3 Å². The van der Waals surface area contributed by atoms with Gasteiger partial charge >= 0.3 is 6.18 Å². The zero-order chi connectivity index (χ0) is 26.6. The van der Waals surface area contributed by atoms with Crippen LogP contribution < -0.4 is 10.6 Å². The smallest absolute Gasteiger partial charge is 0.342 e. The van der Waals surface area contributed by atoms with Gasteiger partial charge in [-0.15, -0.1) is 10.2 Å². The number of thioether (sulfide) groups is 1. The van der Waals surface area contributed by atoms with Crippen LogP contribution in [0.15, 0.2) is 47.6 Å². The number of carbonyl (C=O) groups excluding carboxylic acids is 2. The summed E-state index contributed by atoms with van der Waals surface area (Å²) in [6, 6.07) is 8.44. The molecule has 0 saturated carbocycles. The lowest BCUT2D eigenvalue weighted by Gasteiger charge is -2.22. The number of alkyl halides is 3. The second kappa shape index (κ2) is 11.5. The first-order chi connectivity index (χ1) is 16.9. The first-order valence-electron chi connectivity index (χ1n) is 10.6. The zero-order valence-corrected chi connectivity index (χ0v) is 21.7. The van der Waals surface area contributed by atoms with E-state index in [2.05, 4.69) is 20.8 Å². The minimum Gasteiger partial charge on any atom is -0.342 e. The maximum Gasteiger partial charge on any atom is 0.416 e. The molecule has 1 aromatic heterocycles. The van der Waals surface area contributed by atoms with Crippen LogP contribution in [0.1, 0.15) is 41.6 Å². The van der Waals surface area contributed by atoms with E-state index >= 15 is 0 Å². The Morgan fingerprint density at radius 3 is 2.47 bits per heavy atom. The molecule has 0 radical (unpaired) electrons. The van der Waals surface area contributed by atoms with Crippen molar-refractivity contribution >= 4 is 52.5 Å². The molecular formula is C23H22Cl2F3N5O2S. The molecule has 0 aliphatic rings. The van der Waals surface area contributed by atoms with Crippen molar-refractivity contribution in [1.29, 1.82) is 0 Å². The van der Waals surface area contributed by atoms with Crippen molar-refractivity contribution in [1.82, 2.24) is 20.1 Å². The molecule has 192 valence electrons. The predicted octanol–water partition coefficient (Wildman–Crippen LogP) is 6.00. The molecule has 36 heavy (non-hydrogen) atoms. The van der Waals surface area contributed by atoms with Crippen LogP contribution in [0.3, 0.4) is 0 Å². The number of aromatic nitrogens is 3. The molecule has 13 heteroatoms. The molecule has 2 aromatic carbocycles. The van der Waals surface area contributed by atoms with Crippen LogP contribution in [0.5, 0.6) is 0 Å². The van der Waals surface area contributed by atoms with Gasteiger partial charge in [-0.1, -0.05) is 54.9 Å². The van der Waals surface area contributed by atoms with Gasteiger partial charge in [0.15, 0.2) is 11.0 Å². The minimum atomic E-state index is -4.51. The monoisotopic (exact) mass is 559 g/mol. The highest BCUT2D eigenvalue weighted by Crippen LogP contribution is 2.31. The van der Waals surface area contributed by atoms with Gasteiger partial charge in [0.1, 0.15) is 0 Å². The number of hydrogen-bond acceptors (Lipinski definition) is 5. The number of rotatable bonds is 8. The SMILES string of the molecule is CC(C)[C@H](NC(=O)c1ccc(Cl)cc1Cl)c1nnc(SCC(=O)Nc2cccc(C(F)(F)F)c2)n1C. The fourth-order valence-corrected chi connectivity index (χ4v) is 4.46. The van der Waals surface area contributed by atoms with Crippen molar-refractivity contribution in [3.05, 3.63) is 69.5 Å². The van der Waals surface area contributed by atoms with Crippen LogP contribution in [-0.2, 0) is 18.0 Å². The van der Waals surface area contributed by atoms with Crippen LogP contribution >= 0.6 is 35.0 Å². The lowest BCUT2D eigenvalue weighted by Crippen LogP contribution is -2.33. The Morgan fingerprint density at radius 2 is 1.83 bits per heavy atom. The van der Waals surface area contributed by atoms with Gasteiger partial charge in [0.05, 0.1) is 27.9 Å². The van der Waals surface area contributed by atoms with E-state index in [0.717, 1.165) is 23.9 Å². The fourth-order valence-electron chi connectivity index (χ4n) is 3.25. The highest BCUT2D eigenvalue weighted by molar-refractivity contribution is 7.99. The first kappa shape index (κ1) is 27.8.